The van der Waals surface area contributed by atoms with Gasteiger partial charge >= 0.3 is 91.5 Å². The quantitative estimate of drug-likeness (QED) is 0.267. The van der Waals surface area contributed by atoms with Crippen molar-refractivity contribution in [3.05, 3.63) is 0 Å². The number of ketones is 1. The van der Waals surface area contributed by atoms with E-state index in [1.54, 1.807) is 6.92 Å². The van der Waals surface area contributed by atoms with Crippen LogP contribution < -0.4 is 21.2 Å². The van der Waals surface area contributed by atoms with E-state index < -0.39 is 0 Å². The summed E-state index contributed by atoms with van der Waals surface area (Å²) in [5.41, 5.74) is 0. The Hall–Kier alpha value is 0.0700. The summed E-state index contributed by atoms with van der Waals surface area (Å²) in [6, 6.07) is 0. The molecular formula is C10H19INO-. The molecular weight excluding hydrogens is 277 g/mol. The van der Waals surface area contributed by atoms with Crippen molar-refractivity contribution in [2.45, 2.75) is 31.2 Å². The summed E-state index contributed by atoms with van der Waals surface area (Å²) in [5.74, 6) is 0.966. The number of carbonyl (C=O) groups is 1. The number of hydrogen-bond donors (Lipinski definition) is 0. The summed E-state index contributed by atoms with van der Waals surface area (Å²) in [6.07, 6.45) is 0.951. The van der Waals surface area contributed by atoms with Crippen molar-refractivity contribution in [2.24, 2.45) is 16.8 Å². The molecule has 2 nitrogen and oxygen atoms in total. The Kier molecular flexibility index (Phi) is 6.55. The number of hydrogen-bond acceptors (Lipinski definition) is 2. The van der Waals surface area contributed by atoms with E-state index in [2.05, 4.69) is 23.6 Å². The molecule has 0 aliphatic rings. The molecule has 78 valence electrons. The van der Waals surface area contributed by atoms with Gasteiger partial charge in [0.05, 0.1) is 0 Å². The molecule has 1 unspecified atom stereocenters. The molecule has 0 bridgehead atoms. The van der Waals surface area contributed by atoms with Crippen LogP contribution in [-0.4, -0.2) is 21.5 Å². The number of alkyl halides is 2. The van der Waals surface area contributed by atoms with Gasteiger partial charge in [0.1, 0.15) is 0 Å². The van der Waals surface area contributed by atoms with Gasteiger partial charge in [0.2, 0.25) is 0 Å². The van der Waals surface area contributed by atoms with Crippen LogP contribution in [0.25, 0.3) is 0 Å². The second kappa shape index (κ2) is 6.51. The predicted molar refractivity (Wildman–Crippen MR) is 52.9 cm³/mol. The topological polar surface area (TPSA) is 29.4 Å². The van der Waals surface area contributed by atoms with E-state index in [1.807, 2.05) is 6.92 Å². The first kappa shape index (κ1) is 13.1. The van der Waals surface area contributed by atoms with Crippen LogP contribution in [0.2, 0.25) is 0 Å². The summed E-state index contributed by atoms with van der Waals surface area (Å²) >= 11 is 0.109. The van der Waals surface area contributed by atoms with Crippen molar-refractivity contribution in [2.75, 3.05) is 4.93 Å². The van der Waals surface area contributed by atoms with Crippen molar-refractivity contribution in [1.29, 1.82) is 0 Å². The van der Waals surface area contributed by atoms with E-state index in [1.165, 1.54) is 0 Å². The fourth-order valence-corrected chi connectivity index (χ4v) is 3.22. The van der Waals surface area contributed by atoms with Gasteiger partial charge in [-0.2, -0.15) is 0 Å². The third-order valence-electron chi connectivity index (χ3n) is 2.29. The van der Waals surface area contributed by atoms with Gasteiger partial charge in [0.25, 0.3) is 0 Å². The van der Waals surface area contributed by atoms with Crippen LogP contribution in [0.4, 0.5) is 0 Å². The predicted octanol–water partition coefficient (Wildman–Crippen LogP) is -1.02. The Morgan fingerprint density at radius 1 is 1.54 bits per heavy atom. The van der Waals surface area contributed by atoms with E-state index in [0.717, 1.165) is 6.42 Å². The van der Waals surface area contributed by atoms with Gasteiger partial charge in [-0.25, -0.2) is 0 Å². The summed E-state index contributed by atoms with van der Waals surface area (Å²) in [5, 5.41) is 0. The average molecular weight is 296 g/mol. The Morgan fingerprint density at radius 3 is 2.38 bits per heavy atom. The third kappa shape index (κ3) is 4.74. The number of Topliss-reactive ketones (excluding diaryl/α,β-unsaturated/α-hetero) is 1. The summed E-state index contributed by atoms with van der Waals surface area (Å²) in [4.78, 5) is 17.4. The first-order chi connectivity index (χ1) is 6.02. The van der Waals surface area contributed by atoms with Crippen molar-refractivity contribution < 1.29 is 26.0 Å². The van der Waals surface area contributed by atoms with Crippen molar-refractivity contribution in [1.82, 2.24) is 0 Å². The molecule has 0 N–H and O–H groups in total. The molecule has 0 saturated heterocycles. The minimum absolute atomic E-state index is 0.109. The van der Waals surface area contributed by atoms with Crippen molar-refractivity contribution in [3.8, 4) is 0 Å². The minimum atomic E-state index is 0.109. The van der Waals surface area contributed by atoms with Gasteiger partial charge in [0.15, 0.2) is 0 Å². The van der Waals surface area contributed by atoms with Crippen molar-refractivity contribution >= 4 is 12.5 Å². The zero-order valence-corrected chi connectivity index (χ0v) is 11.0. The second-order valence-corrected chi connectivity index (χ2v) is 6.02. The number of nitrogens with zero attached hydrogens (tertiary/aromatic N) is 1. The summed E-state index contributed by atoms with van der Waals surface area (Å²) in [7, 11) is 0. The zero-order valence-electron chi connectivity index (χ0n) is 8.88. The third-order valence-corrected chi connectivity index (χ3v) is 5.18. The molecule has 3 heteroatoms. The summed E-state index contributed by atoms with van der Waals surface area (Å²) in [6.45, 7) is 9.42. The number of halogens is 1. The maximum atomic E-state index is 11.0. The zero-order chi connectivity index (χ0) is 10.4. The molecule has 3 atom stereocenters. The van der Waals surface area contributed by atoms with Crippen LogP contribution in [0.5, 0.6) is 0 Å². The first-order valence-corrected chi connectivity index (χ1v) is 7.87. The standard InChI is InChI=1S/C10H19INO/c1-7(9(3)13)6-8(2)10(11-4)12-5/h7-8,10H,5-6H2,1-4H3/q-1/t7-,8-,10?/m0/s1. The molecule has 0 aliphatic heterocycles. The normalized spacial score (nSPS) is 17.8. The van der Waals surface area contributed by atoms with Gasteiger partial charge in [-0.1, -0.05) is 0 Å². The van der Waals surface area contributed by atoms with E-state index in [-0.39, 0.29) is 32.9 Å². The van der Waals surface area contributed by atoms with Gasteiger partial charge in [0, 0.05) is 0 Å². The Labute approximate surface area is 91.5 Å². The van der Waals surface area contributed by atoms with Gasteiger partial charge in [-0.3, -0.25) is 0 Å². The van der Waals surface area contributed by atoms with Gasteiger partial charge < -0.3 is 0 Å². The monoisotopic (exact) mass is 296 g/mol. The van der Waals surface area contributed by atoms with Crippen LogP contribution in [0.1, 0.15) is 27.2 Å². The molecule has 0 fully saturated rings. The van der Waals surface area contributed by atoms with Crippen LogP contribution >= 0.6 is 0 Å². The van der Waals surface area contributed by atoms with Crippen LogP contribution in [0, 0.1) is 11.8 Å². The molecule has 0 aliphatic carbocycles. The molecule has 0 amide bonds. The first-order valence-electron chi connectivity index (χ1n) is 4.47. The molecule has 0 aromatic heterocycles. The SMILES string of the molecule is C=NC([I-]C)[C@@H](C)C[C@H](C)C(C)=O. The van der Waals surface area contributed by atoms with E-state index in [4.69, 9.17) is 0 Å². The van der Waals surface area contributed by atoms with Crippen molar-refractivity contribution in [3.63, 3.8) is 0 Å². The second-order valence-electron chi connectivity index (χ2n) is 3.50. The number of carbonyl (C=O) groups excluding carboxylic acids is 1. The molecule has 0 aromatic carbocycles. The van der Waals surface area contributed by atoms with E-state index in [0.29, 0.717) is 9.97 Å². The Bertz CT molecular complexity index is 182. The van der Waals surface area contributed by atoms with Crippen LogP contribution in [0.15, 0.2) is 4.99 Å². The van der Waals surface area contributed by atoms with Gasteiger partial charge in [-0.15, -0.1) is 0 Å². The van der Waals surface area contributed by atoms with E-state index in [9.17, 15) is 4.79 Å². The fraction of sp³-hybridized carbons (Fsp3) is 0.800. The number of aliphatic imine (C=N–C) groups is 1. The molecule has 0 heterocycles. The van der Waals surface area contributed by atoms with E-state index >= 15 is 0 Å². The molecule has 0 radical (unpaired) electrons. The maximum absolute atomic E-state index is 11.0. The summed E-state index contributed by atoms with van der Waals surface area (Å²) < 4.78 is 0.417. The number of rotatable bonds is 6. The van der Waals surface area contributed by atoms with Crippen LogP contribution in [-0.2, 0) is 4.79 Å². The molecule has 13 heavy (non-hydrogen) atoms. The molecule has 0 rings (SSSR count). The molecule has 0 spiro atoms. The molecule has 0 aromatic rings. The fourth-order valence-electron chi connectivity index (χ4n) is 1.30. The molecule has 0 saturated carbocycles. The Morgan fingerprint density at radius 2 is 2.08 bits per heavy atom. The van der Waals surface area contributed by atoms with Gasteiger partial charge in [-0.05, 0) is 0 Å². The Balaban J connectivity index is 4.04. The van der Waals surface area contributed by atoms with Crippen LogP contribution in [0.3, 0.4) is 0 Å². The average Bonchev–Trinajstić information content (AvgIpc) is 2.06.